The Balaban J connectivity index is 2.03. The van der Waals surface area contributed by atoms with Gasteiger partial charge in [0, 0.05) is 11.9 Å². The topological polar surface area (TPSA) is 59.5 Å². The first-order chi connectivity index (χ1) is 9.65. The lowest BCUT2D eigenvalue weighted by atomic mass is 10.0. The molecule has 1 aliphatic rings. The molecular weight excluding hydrogens is 300 g/mol. The van der Waals surface area contributed by atoms with Crippen LogP contribution in [0.3, 0.4) is 0 Å². The van der Waals surface area contributed by atoms with Crippen LogP contribution in [0.15, 0.2) is 5.38 Å². The monoisotopic (exact) mass is 316 g/mol. The van der Waals surface area contributed by atoms with Crippen LogP contribution in [0.2, 0.25) is 0 Å². The summed E-state index contributed by atoms with van der Waals surface area (Å²) in [6, 6.07) is -0.450. The predicted molar refractivity (Wildman–Crippen MR) is 76.7 cm³/mol. The standard InChI is InChI=1S/C13H17ClN2O3S/c1-19-13(18)10-4-2-3-5-16(10)12(17)6-11-15-9(7-14)8-20-11/h8,10H,2-7H2,1H3. The van der Waals surface area contributed by atoms with Gasteiger partial charge in [-0.05, 0) is 19.3 Å². The third-order valence-corrected chi connectivity index (χ3v) is 4.51. The number of aromatic nitrogens is 1. The summed E-state index contributed by atoms with van der Waals surface area (Å²) in [5.74, 6) is -0.0617. The van der Waals surface area contributed by atoms with Crippen molar-refractivity contribution in [2.24, 2.45) is 0 Å². The molecule has 1 unspecified atom stereocenters. The van der Waals surface area contributed by atoms with E-state index in [4.69, 9.17) is 16.3 Å². The van der Waals surface area contributed by atoms with Crippen molar-refractivity contribution in [3.63, 3.8) is 0 Å². The number of likely N-dealkylation sites (tertiary alicyclic amines) is 1. The van der Waals surface area contributed by atoms with Crippen LogP contribution in [-0.2, 0) is 26.6 Å². The molecule has 1 atom stereocenters. The minimum absolute atomic E-state index is 0.0735. The van der Waals surface area contributed by atoms with Gasteiger partial charge in [0.05, 0.1) is 25.1 Å². The number of carbonyl (C=O) groups is 2. The summed E-state index contributed by atoms with van der Waals surface area (Å²) < 4.78 is 4.78. The Morgan fingerprint density at radius 1 is 1.55 bits per heavy atom. The summed E-state index contributed by atoms with van der Waals surface area (Å²) in [7, 11) is 1.35. The van der Waals surface area contributed by atoms with Gasteiger partial charge >= 0.3 is 5.97 Å². The molecule has 1 fully saturated rings. The number of hydrogen-bond donors (Lipinski definition) is 0. The average molecular weight is 317 g/mol. The molecule has 0 bridgehead atoms. The molecular formula is C13H17ClN2O3S. The van der Waals surface area contributed by atoms with E-state index >= 15 is 0 Å². The van der Waals surface area contributed by atoms with E-state index in [1.165, 1.54) is 18.4 Å². The molecule has 1 aromatic rings. The minimum atomic E-state index is -0.450. The van der Waals surface area contributed by atoms with Gasteiger partial charge in [-0.25, -0.2) is 9.78 Å². The maximum absolute atomic E-state index is 12.3. The minimum Gasteiger partial charge on any atom is -0.467 e. The summed E-state index contributed by atoms with van der Waals surface area (Å²) in [5, 5.41) is 2.59. The van der Waals surface area contributed by atoms with E-state index in [-0.39, 0.29) is 18.3 Å². The molecule has 7 heteroatoms. The maximum Gasteiger partial charge on any atom is 0.328 e. The Labute approximate surface area is 126 Å². The molecule has 2 heterocycles. The van der Waals surface area contributed by atoms with Crippen molar-refractivity contribution in [2.45, 2.75) is 37.6 Å². The van der Waals surface area contributed by atoms with Gasteiger partial charge in [0.2, 0.25) is 5.91 Å². The number of alkyl halides is 1. The zero-order valence-electron chi connectivity index (χ0n) is 11.3. The van der Waals surface area contributed by atoms with Crippen LogP contribution in [0.25, 0.3) is 0 Å². The van der Waals surface area contributed by atoms with Crippen LogP contribution >= 0.6 is 22.9 Å². The summed E-state index contributed by atoms with van der Waals surface area (Å²) in [5.41, 5.74) is 0.780. The smallest absolute Gasteiger partial charge is 0.328 e. The number of amides is 1. The Bertz CT molecular complexity index is 492. The van der Waals surface area contributed by atoms with Gasteiger partial charge in [-0.15, -0.1) is 22.9 Å². The molecule has 1 amide bonds. The third-order valence-electron chi connectivity index (χ3n) is 3.34. The Morgan fingerprint density at radius 3 is 3.00 bits per heavy atom. The largest absolute Gasteiger partial charge is 0.467 e. The number of esters is 1. The number of nitrogens with zero attached hydrogens (tertiary/aromatic N) is 2. The van der Waals surface area contributed by atoms with Gasteiger partial charge in [-0.2, -0.15) is 0 Å². The summed E-state index contributed by atoms with van der Waals surface area (Å²) in [4.78, 5) is 30.0. The van der Waals surface area contributed by atoms with Gasteiger partial charge in [0.1, 0.15) is 11.0 Å². The number of ether oxygens (including phenoxy) is 1. The quantitative estimate of drug-likeness (QED) is 0.629. The van der Waals surface area contributed by atoms with Crippen molar-refractivity contribution in [1.82, 2.24) is 9.88 Å². The van der Waals surface area contributed by atoms with Crippen molar-refractivity contribution in [1.29, 1.82) is 0 Å². The number of hydrogen-bond acceptors (Lipinski definition) is 5. The summed E-state index contributed by atoms with van der Waals surface area (Å²) >= 11 is 7.12. The van der Waals surface area contributed by atoms with E-state index in [0.29, 0.717) is 18.8 Å². The Hall–Kier alpha value is -1.14. The molecule has 0 aromatic carbocycles. The Kier molecular flexibility index (Phi) is 5.37. The second-order valence-electron chi connectivity index (χ2n) is 4.66. The van der Waals surface area contributed by atoms with E-state index < -0.39 is 6.04 Å². The second kappa shape index (κ2) is 7.04. The highest BCUT2D eigenvalue weighted by atomic mass is 35.5. The van der Waals surface area contributed by atoms with Crippen LogP contribution in [0.5, 0.6) is 0 Å². The number of halogens is 1. The second-order valence-corrected chi connectivity index (χ2v) is 5.87. The van der Waals surface area contributed by atoms with E-state index in [1.807, 2.05) is 5.38 Å². The maximum atomic E-state index is 12.3. The number of rotatable bonds is 4. The molecule has 20 heavy (non-hydrogen) atoms. The molecule has 1 aromatic heterocycles. The van der Waals surface area contributed by atoms with Crippen LogP contribution in [-0.4, -0.2) is 41.5 Å². The normalized spacial score (nSPS) is 18.9. The van der Waals surface area contributed by atoms with Gasteiger partial charge in [0.25, 0.3) is 0 Å². The van der Waals surface area contributed by atoms with Crippen LogP contribution in [0.1, 0.15) is 30.0 Å². The highest BCUT2D eigenvalue weighted by Gasteiger charge is 2.32. The van der Waals surface area contributed by atoms with Crippen molar-refractivity contribution in [2.75, 3.05) is 13.7 Å². The Morgan fingerprint density at radius 2 is 2.35 bits per heavy atom. The van der Waals surface area contributed by atoms with E-state index in [0.717, 1.165) is 23.5 Å². The molecule has 0 spiro atoms. The van der Waals surface area contributed by atoms with Crippen LogP contribution in [0.4, 0.5) is 0 Å². The number of methoxy groups -OCH3 is 1. The molecule has 1 aliphatic heterocycles. The average Bonchev–Trinajstić information content (AvgIpc) is 2.94. The third kappa shape index (κ3) is 3.49. The van der Waals surface area contributed by atoms with E-state index in [9.17, 15) is 9.59 Å². The lowest BCUT2D eigenvalue weighted by molar-refractivity contribution is -0.154. The fraction of sp³-hybridized carbons (Fsp3) is 0.615. The highest BCUT2D eigenvalue weighted by Crippen LogP contribution is 2.20. The van der Waals surface area contributed by atoms with Crippen molar-refractivity contribution in [3.8, 4) is 0 Å². The van der Waals surface area contributed by atoms with Crippen LogP contribution < -0.4 is 0 Å². The summed E-state index contributed by atoms with van der Waals surface area (Å²) in [6.07, 6.45) is 2.75. The zero-order valence-corrected chi connectivity index (χ0v) is 12.9. The molecule has 0 radical (unpaired) electrons. The van der Waals surface area contributed by atoms with Gasteiger partial charge in [-0.1, -0.05) is 0 Å². The first-order valence-corrected chi connectivity index (χ1v) is 7.93. The SMILES string of the molecule is COC(=O)C1CCCCN1C(=O)Cc1nc(CCl)cs1. The zero-order chi connectivity index (χ0) is 14.5. The molecule has 2 rings (SSSR count). The first-order valence-electron chi connectivity index (χ1n) is 6.52. The number of thiazole rings is 1. The lowest BCUT2D eigenvalue weighted by Gasteiger charge is -2.33. The summed E-state index contributed by atoms with van der Waals surface area (Å²) in [6.45, 7) is 0.604. The van der Waals surface area contributed by atoms with Crippen molar-refractivity contribution >= 4 is 34.8 Å². The molecule has 5 nitrogen and oxygen atoms in total. The molecule has 110 valence electrons. The molecule has 0 N–H and O–H groups in total. The predicted octanol–water partition coefficient (Wildman–Crippen LogP) is 1.98. The fourth-order valence-corrected chi connectivity index (χ4v) is 3.35. The van der Waals surface area contributed by atoms with Gasteiger partial charge < -0.3 is 9.64 Å². The number of carbonyl (C=O) groups excluding carboxylic acids is 2. The lowest BCUT2D eigenvalue weighted by Crippen LogP contribution is -2.49. The molecule has 1 saturated heterocycles. The first kappa shape index (κ1) is 15.3. The highest BCUT2D eigenvalue weighted by molar-refractivity contribution is 7.09. The van der Waals surface area contributed by atoms with Crippen molar-refractivity contribution < 1.29 is 14.3 Å². The van der Waals surface area contributed by atoms with Gasteiger partial charge in [0.15, 0.2) is 0 Å². The molecule has 0 aliphatic carbocycles. The van der Waals surface area contributed by atoms with E-state index in [2.05, 4.69) is 4.98 Å². The number of piperidine rings is 1. The van der Waals surface area contributed by atoms with Crippen LogP contribution in [0, 0.1) is 0 Å². The molecule has 0 saturated carbocycles. The fourth-order valence-electron chi connectivity index (χ4n) is 2.33. The van der Waals surface area contributed by atoms with E-state index in [1.54, 1.807) is 4.90 Å². The van der Waals surface area contributed by atoms with Gasteiger partial charge in [-0.3, -0.25) is 4.79 Å². The van der Waals surface area contributed by atoms with Crippen molar-refractivity contribution in [3.05, 3.63) is 16.1 Å².